The van der Waals surface area contributed by atoms with E-state index in [2.05, 4.69) is 4.90 Å². The normalized spacial score (nSPS) is 20.9. The van der Waals surface area contributed by atoms with E-state index in [1.807, 2.05) is 25.1 Å². The zero-order valence-corrected chi connectivity index (χ0v) is 11.3. The van der Waals surface area contributed by atoms with Crippen molar-refractivity contribution in [2.24, 2.45) is 5.92 Å². The second-order valence-corrected chi connectivity index (χ2v) is 5.35. The minimum absolute atomic E-state index is 0.235. The third-order valence-electron chi connectivity index (χ3n) is 3.59. The van der Waals surface area contributed by atoms with Crippen LogP contribution in [0.4, 0.5) is 0 Å². The Morgan fingerprint density at radius 1 is 1.56 bits per heavy atom. The Labute approximate surface area is 112 Å². The average Bonchev–Trinajstić information content (AvgIpc) is 2.34. The third kappa shape index (κ3) is 3.03. The Morgan fingerprint density at radius 2 is 2.33 bits per heavy atom. The van der Waals surface area contributed by atoms with Crippen LogP contribution in [-0.2, 0) is 11.3 Å². The third-order valence-corrected chi connectivity index (χ3v) is 3.94. The van der Waals surface area contributed by atoms with Crippen LogP contribution < -0.4 is 0 Å². The zero-order chi connectivity index (χ0) is 13.1. The molecule has 0 spiro atoms. The molecule has 1 atom stereocenters. The lowest BCUT2D eigenvalue weighted by Crippen LogP contribution is -2.38. The van der Waals surface area contributed by atoms with Crippen molar-refractivity contribution in [3.8, 4) is 0 Å². The predicted molar refractivity (Wildman–Crippen MR) is 71.8 cm³/mol. The lowest BCUT2D eigenvalue weighted by molar-refractivity contribution is -0.143. The van der Waals surface area contributed by atoms with Gasteiger partial charge in [-0.2, -0.15) is 0 Å². The molecule has 1 aliphatic heterocycles. The van der Waals surface area contributed by atoms with Gasteiger partial charge in [0.2, 0.25) is 0 Å². The summed E-state index contributed by atoms with van der Waals surface area (Å²) >= 11 is 6.20. The first-order valence-electron chi connectivity index (χ1n) is 6.27. The molecule has 1 unspecified atom stereocenters. The number of halogens is 1. The SMILES string of the molecule is Cc1cccc(Cl)c1CN1CCCC(C(=O)O)C1. The lowest BCUT2D eigenvalue weighted by atomic mass is 9.97. The molecule has 1 aliphatic rings. The van der Waals surface area contributed by atoms with Crippen molar-refractivity contribution in [1.29, 1.82) is 0 Å². The van der Waals surface area contributed by atoms with Gasteiger partial charge in [0.05, 0.1) is 5.92 Å². The van der Waals surface area contributed by atoms with Crippen molar-refractivity contribution in [2.45, 2.75) is 26.3 Å². The summed E-state index contributed by atoms with van der Waals surface area (Å²) in [5.41, 5.74) is 2.28. The number of likely N-dealkylation sites (tertiary alicyclic amines) is 1. The van der Waals surface area contributed by atoms with Gasteiger partial charge in [0.1, 0.15) is 0 Å². The molecule has 0 radical (unpaired) electrons. The van der Waals surface area contributed by atoms with Crippen LogP contribution in [-0.4, -0.2) is 29.1 Å². The molecule has 1 fully saturated rings. The number of nitrogens with zero attached hydrogens (tertiary/aromatic N) is 1. The van der Waals surface area contributed by atoms with Crippen LogP contribution in [0, 0.1) is 12.8 Å². The summed E-state index contributed by atoms with van der Waals surface area (Å²) in [6, 6.07) is 5.87. The van der Waals surface area contributed by atoms with Crippen LogP contribution >= 0.6 is 11.6 Å². The fraction of sp³-hybridized carbons (Fsp3) is 0.500. The van der Waals surface area contributed by atoms with E-state index in [1.165, 1.54) is 5.56 Å². The van der Waals surface area contributed by atoms with Gasteiger partial charge in [0, 0.05) is 18.1 Å². The molecule has 2 rings (SSSR count). The molecule has 0 aromatic heterocycles. The van der Waals surface area contributed by atoms with E-state index in [0.717, 1.165) is 36.5 Å². The lowest BCUT2D eigenvalue weighted by Gasteiger charge is -2.31. The van der Waals surface area contributed by atoms with Crippen molar-refractivity contribution in [2.75, 3.05) is 13.1 Å². The van der Waals surface area contributed by atoms with Crippen molar-refractivity contribution in [1.82, 2.24) is 4.90 Å². The number of benzene rings is 1. The maximum absolute atomic E-state index is 11.0. The summed E-state index contributed by atoms with van der Waals surface area (Å²) < 4.78 is 0. The molecule has 0 saturated carbocycles. The number of hydrogen-bond donors (Lipinski definition) is 1. The molecule has 1 aromatic carbocycles. The van der Waals surface area contributed by atoms with E-state index in [4.69, 9.17) is 16.7 Å². The van der Waals surface area contributed by atoms with Gasteiger partial charge >= 0.3 is 5.97 Å². The van der Waals surface area contributed by atoms with Gasteiger partial charge in [-0.1, -0.05) is 23.7 Å². The van der Waals surface area contributed by atoms with Crippen molar-refractivity contribution >= 4 is 17.6 Å². The van der Waals surface area contributed by atoms with E-state index in [9.17, 15) is 4.79 Å². The average molecular weight is 268 g/mol. The van der Waals surface area contributed by atoms with Gasteiger partial charge < -0.3 is 5.11 Å². The van der Waals surface area contributed by atoms with Crippen LogP contribution in [0.1, 0.15) is 24.0 Å². The highest BCUT2D eigenvalue weighted by Crippen LogP contribution is 2.24. The fourth-order valence-corrected chi connectivity index (χ4v) is 2.77. The summed E-state index contributed by atoms with van der Waals surface area (Å²) in [4.78, 5) is 13.2. The van der Waals surface area contributed by atoms with Crippen molar-refractivity contribution < 1.29 is 9.90 Å². The molecule has 3 nitrogen and oxygen atoms in total. The Kier molecular flexibility index (Phi) is 4.25. The maximum atomic E-state index is 11.0. The van der Waals surface area contributed by atoms with Crippen LogP contribution in [0.25, 0.3) is 0 Å². The molecular weight excluding hydrogens is 250 g/mol. The molecule has 0 amide bonds. The van der Waals surface area contributed by atoms with Gasteiger partial charge in [-0.25, -0.2) is 0 Å². The number of aryl methyl sites for hydroxylation is 1. The molecule has 98 valence electrons. The van der Waals surface area contributed by atoms with E-state index in [0.29, 0.717) is 6.54 Å². The highest BCUT2D eigenvalue weighted by Gasteiger charge is 2.25. The zero-order valence-electron chi connectivity index (χ0n) is 10.5. The number of carboxylic acid groups (broad SMARTS) is 1. The first-order chi connectivity index (χ1) is 8.58. The quantitative estimate of drug-likeness (QED) is 0.915. The van der Waals surface area contributed by atoms with Crippen LogP contribution in [0.2, 0.25) is 5.02 Å². The minimum atomic E-state index is -0.685. The molecule has 1 heterocycles. The monoisotopic (exact) mass is 267 g/mol. The summed E-state index contributed by atoms with van der Waals surface area (Å²) in [6.07, 6.45) is 1.73. The predicted octanol–water partition coefficient (Wildman–Crippen LogP) is 2.95. The Morgan fingerprint density at radius 3 is 3.00 bits per heavy atom. The number of rotatable bonds is 3. The van der Waals surface area contributed by atoms with Gasteiger partial charge in [-0.15, -0.1) is 0 Å². The number of carbonyl (C=O) groups is 1. The van der Waals surface area contributed by atoms with Gasteiger partial charge in [0.25, 0.3) is 0 Å². The molecule has 1 aromatic rings. The molecule has 18 heavy (non-hydrogen) atoms. The van der Waals surface area contributed by atoms with Gasteiger partial charge in [-0.05, 0) is 43.5 Å². The highest BCUT2D eigenvalue weighted by molar-refractivity contribution is 6.31. The first kappa shape index (κ1) is 13.4. The van der Waals surface area contributed by atoms with E-state index in [-0.39, 0.29) is 5.92 Å². The Balaban J connectivity index is 2.07. The number of hydrogen-bond acceptors (Lipinski definition) is 2. The topological polar surface area (TPSA) is 40.5 Å². The summed E-state index contributed by atoms with van der Waals surface area (Å²) in [6.45, 7) is 4.36. The summed E-state index contributed by atoms with van der Waals surface area (Å²) in [5, 5.41) is 9.85. The van der Waals surface area contributed by atoms with E-state index in [1.54, 1.807) is 0 Å². The van der Waals surface area contributed by atoms with Crippen LogP contribution in [0.5, 0.6) is 0 Å². The highest BCUT2D eigenvalue weighted by atomic mass is 35.5. The standard InChI is InChI=1S/C14H18ClNO2/c1-10-4-2-6-13(15)12(10)9-16-7-3-5-11(8-16)14(17)18/h2,4,6,11H,3,5,7-9H2,1H3,(H,17,18). The van der Waals surface area contributed by atoms with Crippen LogP contribution in [0.15, 0.2) is 18.2 Å². The number of aliphatic carboxylic acids is 1. The molecule has 1 N–H and O–H groups in total. The summed E-state index contributed by atoms with van der Waals surface area (Å²) in [7, 11) is 0. The van der Waals surface area contributed by atoms with Gasteiger partial charge in [0.15, 0.2) is 0 Å². The largest absolute Gasteiger partial charge is 0.481 e. The maximum Gasteiger partial charge on any atom is 0.307 e. The van der Waals surface area contributed by atoms with Gasteiger partial charge in [-0.3, -0.25) is 9.69 Å². The van der Waals surface area contributed by atoms with Crippen molar-refractivity contribution in [3.05, 3.63) is 34.3 Å². The Hall–Kier alpha value is -1.06. The van der Waals surface area contributed by atoms with E-state index >= 15 is 0 Å². The Bertz CT molecular complexity index is 427. The minimum Gasteiger partial charge on any atom is -0.481 e. The summed E-state index contributed by atoms with van der Waals surface area (Å²) in [5.74, 6) is -0.919. The molecule has 1 saturated heterocycles. The van der Waals surface area contributed by atoms with Crippen molar-refractivity contribution in [3.63, 3.8) is 0 Å². The fourth-order valence-electron chi connectivity index (χ4n) is 2.49. The van der Waals surface area contributed by atoms with E-state index < -0.39 is 5.97 Å². The number of piperidine rings is 1. The first-order valence-corrected chi connectivity index (χ1v) is 6.65. The molecule has 0 aliphatic carbocycles. The number of carboxylic acids is 1. The second kappa shape index (κ2) is 5.72. The molecule has 0 bridgehead atoms. The molecular formula is C14H18ClNO2. The molecule has 4 heteroatoms. The van der Waals surface area contributed by atoms with Crippen LogP contribution in [0.3, 0.4) is 0 Å². The smallest absolute Gasteiger partial charge is 0.307 e. The second-order valence-electron chi connectivity index (χ2n) is 4.95.